The van der Waals surface area contributed by atoms with Gasteiger partial charge in [-0.15, -0.1) is 0 Å². The van der Waals surface area contributed by atoms with Crippen molar-refractivity contribution in [3.8, 4) is 0 Å². The Bertz CT molecular complexity index is 546. The fraction of sp³-hybridized carbons (Fsp3) is 0.500. The van der Waals surface area contributed by atoms with Gasteiger partial charge >= 0.3 is 12.1 Å². The third-order valence-corrected chi connectivity index (χ3v) is 3.47. The van der Waals surface area contributed by atoms with Crippen molar-refractivity contribution in [3.05, 3.63) is 34.9 Å². The van der Waals surface area contributed by atoms with Crippen LogP contribution in [0.3, 0.4) is 0 Å². The second kappa shape index (κ2) is 6.57. The first-order valence-corrected chi connectivity index (χ1v) is 7.29. The molecule has 1 aromatic carbocycles. The second-order valence-electron chi connectivity index (χ2n) is 6.65. The first-order chi connectivity index (χ1) is 9.93. The standard InChI is InChI=1S/C16H22ClNO4/c1-15(2,3)22-14(21)18-12(13(19)20)16(4,5)10-6-8-11(17)9-7-10/h6-9,12H,1-5H3,(H,18,21)(H,19,20)/t12-/m1/s1. The molecular formula is C16H22ClNO4. The van der Waals surface area contributed by atoms with Crippen molar-refractivity contribution < 1.29 is 19.4 Å². The van der Waals surface area contributed by atoms with Crippen molar-refractivity contribution in [1.29, 1.82) is 0 Å². The van der Waals surface area contributed by atoms with Gasteiger partial charge in [-0.25, -0.2) is 9.59 Å². The number of amides is 1. The van der Waals surface area contributed by atoms with E-state index in [4.69, 9.17) is 16.3 Å². The summed E-state index contributed by atoms with van der Waals surface area (Å²) in [6.45, 7) is 8.63. The number of benzene rings is 1. The Morgan fingerprint density at radius 2 is 1.64 bits per heavy atom. The quantitative estimate of drug-likeness (QED) is 0.886. The number of carbonyl (C=O) groups excluding carboxylic acids is 1. The highest BCUT2D eigenvalue weighted by molar-refractivity contribution is 6.30. The molecule has 0 unspecified atom stereocenters. The predicted molar refractivity (Wildman–Crippen MR) is 85.3 cm³/mol. The van der Waals surface area contributed by atoms with Crippen molar-refractivity contribution in [2.24, 2.45) is 0 Å². The van der Waals surface area contributed by atoms with Gasteiger partial charge in [-0.1, -0.05) is 37.6 Å². The molecule has 6 heteroatoms. The van der Waals surface area contributed by atoms with E-state index in [2.05, 4.69) is 5.32 Å². The molecule has 22 heavy (non-hydrogen) atoms. The Hall–Kier alpha value is -1.75. The minimum Gasteiger partial charge on any atom is -0.480 e. The van der Waals surface area contributed by atoms with Crippen molar-refractivity contribution >= 4 is 23.7 Å². The van der Waals surface area contributed by atoms with Crippen LogP contribution in [0.2, 0.25) is 5.02 Å². The maximum absolute atomic E-state index is 11.9. The van der Waals surface area contributed by atoms with Crippen LogP contribution in [0.1, 0.15) is 40.2 Å². The van der Waals surface area contributed by atoms with Gasteiger partial charge < -0.3 is 15.2 Å². The van der Waals surface area contributed by atoms with Crippen LogP contribution in [0.15, 0.2) is 24.3 Å². The molecule has 1 rings (SSSR count). The van der Waals surface area contributed by atoms with Crippen molar-refractivity contribution in [1.82, 2.24) is 5.32 Å². The van der Waals surface area contributed by atoms with Crippen LogP contribution >= 0.6 is 11.6 Å². The highest BCUT2D eigenvalue weighted by Gasteiger charge is 2.38. The lowest BCUT2D eigenvalue weighted by atomic mass is 9.77. The summed E-state index contributed by atoms with van der Waals surface area (Å²) in [5.41, 5.74) is -0.786. The number of carboxylic acids is 1. The van der Waals surface area contributed by atoms with Gasteiger partial charge in [0.2, 0.25) is 0 Å². The molecule has 0 fully saturated rings. The molecule has 0 spiro atoms. The van der Waals surface area contributed by atoms with Crippen LogP contribution in [0, 0.1) is 0 Å². The van der Waals surface area contributed by atoms with Gasteiger partial charge in [0.05, 0.1) is 0 Å². The number of carboxylic acid groups (broad SMARTS) is 1. The van der Waals surface area contributed by atoms with Gasteiger partial charge in [-0.3, -0.25) is 0 Å². The topological polar surface area (TPSA) is 75.6 Å². The van der Waals surface area contributed by atoms with Crippen LogP contribution in [0.4, 0.5) is 4.79 Å². The maximum atomic E-state index is 11.9. The van der Waals surface area contributed by atoms with E-state index in [0.717, 1.165) is 5.56 Å². The monoisotopic (exact) mass is 327 g/mol. The van der Waals surface area contributed by atoms with Gasteiger partial charge in [0.1, 0.15) is 11.6 Å². The van der Waals surface area contributed by atoms with E-state index in [1.54, 1.807) is 58.9 Å². The third kappa shape index (κ3) is 4.91. The molecule has 0 aliphatic rings. The first-order valence-electron chi connectivity index (χ1n) is 6.92. The summed E-state index contributed by atoms with van der Waals surface area (Å²) in [4.78, 5) is 23.5. The van der Waals surface area contributed by atoms with E-state index in [9.17, 15) is 14.7 Å². The lowest BCUT2D eigenvalue weighted by Crippen LogP contribution is -2.53. The lowest BCUT2D eigenvalue weighted by molar-refractivity contribution is -0.141. The zero-order valence-corrected chi connectivity index (χ0v) is 14.2. The van der Waals surface area contributed by atoms with E-state index in [1.807, 2.05) is 0 Å². The van der Waals surface area contributed by atoms with Gasteiger partial charge in [0.25, 0.3) is 0 Å². The van der Waals surface area contributed by atoms with E-state index >= 15 is 0 Å². The van der Waals surface area contributed by atoms with Gasteiger partial charge in [0, 0.05) is 10.4 Å². The summed E-state index contributed by atoms with van der Waals surface area (Å²) in [5, 5.41) is 12.5. The van der Waals surface area contributed by atoms with Gasteiger partial charge in [-0.2, -0.15) is 0 Å². The van der Waals surface area contributed by atoms with Crippen LogP contribution in [-0.4, -0.2) is 28.8 Å². The number of alkyl carbamates (subject to hydrolysis) is 1. The number of halogens is 1. The minimum absolute atomic E-state index is 0.562. The molecule has 0 bridgehead atoms. The van der Waals surface area contributed by atoms with E-state index in [0.29, 0.717) is 5.02 Å². The third-order valence-electron chi connectivity index (χ3n) is 3.22. The molecule has 0 heterocycles. The van der Waals surface area contributed by atoms with Gasteiger partial charge in [0.15, 0.2) is 0 Å². The summed E-state index contributed by atoms with van der Waals surface area (Å²) in [6, 6.07) is 5.73. The Morgan fingerprint density at radius 3 is 2.05 bits per heavy atom. The number of carbonyl (C=O) groups is 2. The molecular weight excluding hydrogens is 306 g/mol. The molecule has 2 N–H and O–H groups in total. The van der Waals surface area contributed by atoms with Crippen LogP contribution in [0.5, 0.6) is 0 Å². The van der Waals surface area contributed by atoms with E-state index in [-0.39, 0.29) is 0 Å². The fourth-order valence-corrected chi connectivity index (χ4v) is 2.15. The molecule has 1 aromatic rings. The summed E-state index contributed by atoms with van der Waals surface area (Å²) < 4.78 is 5.13. The molecule has 0 radical (unpaired) electrons. The molecule has 0 aliphatic carbocycles. The highest BCUT2D eigenvalue weighted by atomic mass is 35.5. The Labute approximate surface area is 135 Å². The Morgan fingerprint density at radius 1 is 1.14 bits per heavy atom. The number of hydrogen-bond acceptors (Lipinski definition) is 3. The molecule has 1 amide bonds. The van der Waals surface area contributed by atoms with Gasteiger partial charge in [-0.05, 0) is 38.5 Å². The smallest absolute Gasteiger partial charge is 0.408 e. The largest absolute Gasteiger partial charge is 0.480 e. The number of nitrogens with one attached hydrogen (secondary N) is 1. The van der Waals surface area contributed by atoms with Crippen molar-refractivity contribution in [2.75, 3.05) is 0 Å². The van der Waals surface area contributed by atoms with Crippen LogP contribution < -0.4 is 5.32 Å². The zero-order valence-electron chi connectivity index (χ0n) is 13.4. The average molecular weight is 328 g/mol. The van der Waals surface area contributed by atoms with Crippen LogP contribution in [0.25, 0.3) is 0 Å². The Kier molecular flexibility index (Phi) is 5.46. The first kappa shape index (κ1) is 18.3. The molecule has 5 nitrogen and oxygen atoms in total. The molecule has 0 saturated heterocycles. The average Bonchev–Trinajstić information content (AvgIpc) is 2.33. The van der Waals surface area contributed by atoms with E-state index < -0.39 is 29.1 Å². The second-order valence-corrected chi connectivity index (χ2v) is 7.08. The minimum atomic E-state index is -1.14. The summed E-state index contributed by atoms with van der Waals surface area (Å²) >= 11 is 5.85. The summed E-state index contributed by atoms with van der Waals surface area (Å²) in [5.74, 6) is -1.13. The Balaban J connectivity index is 3.01. The fourth-order valence-electron chi connectivity index (χ4n) is 2.02. The number of aliphatic carboxylic acids is 1. The summed E-state index contributed by atoms with van der Waals surface area (Å²) in [6.07, 6.45) is -0.762. The molecule has 0 aliphatic heterocycles. The lowest BCUT2D eigenvalue weighted by Gasteiger charge is -2.33. The molecule has 0 aromatic heterocycles. The highest BCUT2D eigenvalue weighted by Crippen LogP contribution is 2.29. The van der Waals surface area contributed by atoms with Crippen LogP contribution in [-0.2, 0) is 14.9 Å². The number of hydrogen-bond donors (Lipinski definition) is 2. The molecule has 1 atom stereocenters. The van der Waals surface area contributed by atoms with Crippen molar-refractivity contribution in [3.63, 3.8) is 0 Å². The predicted octanol–water partition coefficient (Wildman–Crippen LogP) is 3.60. The molecule has 122 valence electrons. The number of rotatable bonds is 4. The van der Waals surface area contributed by atoms with E-state index in [1.165, 1.54) is 0 Å². The zero-order chi connectivity index (χ0) is 17.1. The molecule has 0 saturated carbocycles. The normalized spacial score (nSPS) is 13.4. The number of ether oxygens (including phenoxy) is 1. The maximum Gasteiger partial charge on any atom is 0.408 e. The SMILES string of the molecule is CC(C)(C)OC(=O)N[C@H](C(=O)O)C(C)(C)c1ccc(Cl)cc1. The summed E-state index contributed by atoms with van der Waals surface area (Å²) in [7, 11) is 0. The van der Waals surface area contributed by atoms with Crippen molar-refractivity contribution in [2.45, 2.75) is 51.7 Å².